The van der Waals surface area contributed by atoms with Crippen LogP contribution in [0.1, 0.15) is 31.0 Å². The molecule has 2 atom stereocenters. The molecule has 2 N–H and O–H groups in total. The Labute approximate surface area is 119 Å². The van der Waals surface area contributed by atoms with Crippen molar-refractivity contribution in [2.24, 2.45) is 0 Å². The lowest BCUT2D eigenvalue weighted by atomic mass is 10.1. The van der Waals surface area contributed by atoms with Crippen LogP contribution < -0.4 is 10.6 Å². The van der Waals surface area contributed by atoms with Crippen LogP contribution in [0.15, 0.2) is 24.3 Å². The predicted molar refractivity (Wildman–Crippen MR) is 77.2 cm³/mol. The first-order chi connectivity index (χ1) is 9.43. The summed E-state index contributed by atoms with van der Waals surface area (Å²) < 4.78 is 4.68. The second kappa shape index (κ2) is 7.65. The fourth-order valence-electron chi connectivity index (χ4n) is 1.93. The largest absolute Gasteiger partial charge is 0.467 e. The van der Waals surface area contributed by atoms with E-state index in [9.17, 15) is 9.59 Å². The molecule has 0 saturated carbocycles. The Balaban J connectivity index is 2.62. The number of amides is 1. The van der Waals surface area contributed by atoms with Gasteiger partial charge < -0.3 is 15.4 Å². The summed E-state index contributed by atoms with van der Waals surface area (Å²) in [6.07, 6.45) is 0. The highest BCUT2D eigenvalue weighted by Gasteiger charge is 2.20. The van der Waals surface area contributed by atoms with E-state index in [0.29, 0.717) is 6.54 Å². The minimum Gasteiger partial charge on any atom is -0.467 e. The monoisotopic (exact) mass is 278 g/mol. The molecule has 1 aromatic rings. The predicted octanol–water partition coefficient (Wildman–Crippen LogP) is 1.32. The van der Waals surface area contributed by atoms with E-state index in [1.165, 1.54) is 19.6 Å². The number of ether oxygens (including phenoxy) is 1. The summed E-state index contributed by atoms with van der Waals surface area (Å²) >= 11 is 0. The normalized spacial score (nSPS) is 13.4. The van der Waals surface area contributed by atoms with Crippen molar-refractivity contribution in [1.29, 1.82) is 0 Å². The van der Waals surface area contributed by atoms with Gasteiger partial charge in [0.05, 0.1) is 7.11 Å². The highest BCUT2D eigenvalue weighted by Crippen LogP contribution is 2.13. The Kier molecular flexibility index (Phi) is 6.18. The summed E-state index contributed by atoms with van der Waals surface area (Å²) in [5.74, 6) is -0.713. The zero-order chi connectivity index (χ0) is 15.1. The Morgan fingerprint density at radius 3 is 2.60 bits per heavy atom. The van der Waals surface area contributed by atoms with Crippen molar-refractivity contribution in [3.8, 4) is 0 Å². The van der Waals surface area contributed by atoms with Gasteiger partial charge in [-0.1, -0.05) is 29.8 Å². The maximum atomic E-state index is 11.6. The molecule has 0 aliphatic carbocycles. The maximum absolute atomic E-state index is 11.6. The Morgan fingerprint density at radius 2 is 2.05 bits per heavy atom. The maximum Gasteiger partial charge on any atom is 0.329 e. The molecule has 1 unspecified atom stereocenters. The molecule has 5 nitrogen and oxygen atoms in total. The van der Waals surface area contributed by atoms with E-state index >= 15 is 0 Å². The van der Waals surface area contributed by atoms with Crippen molar-refractivity contribution in [3.63, 3.8) is 0 Å². The molecule has 0 bridgehead atoms. The summed E-state index contributed by atoms with van der Waals surface area (Å²) in [6, 6.07) is 7.54. The quantitative estimate of drug-likeness (QED) is 0.770. The molecule has 0 saturated heterocycles. The van der Waals surface area contributed by atoms with Gasteiger partial charge in [-0.2, -0.15) is 0 Å². The number of carbonyl (C=O) groups is 2. The number of hydrogen-bond donors (Lipinski definition) is 2. The van der Waals surface area contributed by atoms with Crippen LogP contribution >= 0.6 is 0 Å². The Hall–Kier alpha value is -1.88. The van der Waals surface area contributed by atoms with E-state index in [1.807, 2.05) is 32.0 Å². The molecular weight excluding hydrogens is 256 g/mol. The van der Waals surface area contributed by atoms with Crippen molar-refractivity contribution in [1.82, 2.24) is 10.6 Å². The smallest absolute Gasteiger partial charge is 0.329 e. The number of benzene rings is 1. The second-order valence-corrected chi connectivity index (χ2v) is 4.82. The van der Waals surface area contributed by atoms with Gasteiger partial charge in [0.25, 0.3) is 0 Å². The van der Waals surface area contributed by atoms with Gasteiger partial charge in [0.2, 0.25) is 5.91 Å². The minimum atomic E-state index is -0.676. The van der Waals surface area contributed by atoms with Gasteiger partial charge in [-0.3, -0.25) is 4.79 Å². The van der Waals surface area contributed by atoms with Crippen LogP contribution in [0, 0.1) is 6.92 Å². The van der Waals surface area contributed by atoms with Crippen LogP contribution in [0.3, 0.4) is 0 Å². The van der Waals surface area contributed by atoms with Gasteiger partial charge in [0.15, 0.2) is 0 Å². The minimum absolute atomic E-state index is 0.0795. The van der Waals surface area contributed by atoms with E-state index in [-0.39, 0.29) is 11.9 Å². The number of aryl methyl sites for hydroxylation is 1. The fourth-order valence-corrected chi connectivity index (χ4v) is 1.93. The van der Waals surface area contributed by atoms with Crippen molar-refractivity contribution < 1.29 is 14.3 Å². The summed E-state index contributed by atoms with van der Waals surface area (Å²) in [5.41, 5.74) is 2.32. The van der Waals surface area contributed by atoms with Crippen molar-refractivity contribution in [3.05, 3.63) is 35.4 Å². The van der Waals surface area contributed by atoms with Crippen LogP contribution in [-0.4, -0.2) is 31.6 Å². The van der Waals surface area contributed by atoms with E-state index in [4.69, 9.17) is 0 Å². The summed E-state index contributed by atoms with van der Waals surface area (Å²) in [6.45, 7) is 5.74. The summed E-state index contributed by atoms with van der Waals surface area (Å²) in [4.78, 5) is 22.7. The van der Waals surface area contributed by atoms with Crippen LogP contribution in [0.25, 0.3) is 0 Å². The first-order valence-electron chi connectivity index (χ1n) is 6.59. The average Bonchev–Trinajstić information content (AvgIpc) is 2.41. The number of rotatable bonds is 6. The van der Waals surface area contributed by atoms with Gasteiger partial charge in [-0.15, -0.1) is 0 Å². The van der Waals surface area contributed by atoms with Crippen molar-refractivity contribution in [2.75, 3.05) is 13.7 Å². The number of esters is 1. The molecule has 0 aliphatic rings. The van der Waals surface area contributed by atoms with Crippen molar-refractivity contribution in [2.45, 2.75) is 32.9 Å². The first-order valence-corrected chi connectivity index (χ1v) is 6.59. The number of hydrogen-bond acceptors (Lipinski definition) is 4. The zero-order valence-electron chi connectivity index (χ0n) is 12.4. The lowest BCUT2D eigenvalue weighted by Gasteiger charge is -2.20. The van der Waals surface area contributed by atoms with Gasteiger partial charge in [-0.25, -0.2) is 4.79 Å². The molecule has 20 heavy (non-hydrogen) atoms. The Morgan fingerprint density at radius 1 is 1.35 bits per heavy atom. The molecule has 0 aliphatic heterocycles. The number of carbonyl (C=O) groups excluding carboxylic acids is 2. The highest BCUT2D eigenvalue weighted by molar-refractivity contribution is 5.83. The van der Waals surface area contributed by atoms with Gasteiger partial charge in [0.1, 0.15) is 6.04 Å². The Bertz CT molecular complexity index is 474. The molecule has 110 valence electrons. The van der Waals surface area contributed by atoms with Gasteiger partial charge >= 0.3 is 5.97 Å². The lowest BCUT2D eigenvalue weighted by molar-refractivity contribution is -0.144. The third kappa shape index (κ3) is 5.01. The number of methoxy groups -OCH3 is 1. The van der Waals surface area contributed by atoms with Crippen LogP contribution in [0.2, 0.25) is 0 Å². The molecular formula is C15H22N2O3. The molecule has 0 fully saturated rings. The second-order valence-electron chi connectivity index (χ2n) is 4.82. The molecule has 1 amide bonds. The summed E-state index contributed by atoms with van der Waals surface area (Å²) in [7, 11) is 1.31. The van der Waals surface area contributed by atoms with Gasteiger partial charge in [-0.05, 0) is 19.4 Å². The molecule has 5 heteroatoms. The zero-order valence-corrected chi connectivity index (χ0v) is 12.4. The van der Waals surface area contributed by atoms with E-state index in [1.54, 1.807) is 0 Å². The first kappa shape index (κ1) is 16.2. The average molecular weight is 278 g/mol. The molecule has 1 aromatic carbocycles. The number of nitrogens with one attached hydrogen (secondary N) is 2. The lowest BCUT2D eigenvalue weighted by Crippen LogP contribution is -2.47. The fraction of sp³-hybridized carbons (Fsp3) is 0.467. The van der Waals surface area contributed by atoms with E-state index in [2.05, 4.69) is 21.4 Å². The topological polar surface area (TPSA) is 67.4 Å². The molecule has 0 aromatic heterocycles. The third-order valence-corrected chi connectivity index (χ3v) is 3.03. The van der Waals surface area contributed by atoms with Crippen LogP contribution in [0.5, 0.6) is 0 Å². The standard InChI is InChI=1S/C15H22N2O3/c1-10-6-5-7-13(8-10)11(2)16-9-14(15(19)20-4)17-12(3)18/h5-8,11,14,16H,9H2,1-4H3,(H,17,18)/t11-,14?/m0/s1. The third-order valence-electron chi connectivity index (χ3n) is 3.03. The molecule has 0 heterocycles. The van der Waals surface area contributed by atoms with Crippen LogP contribution in [0.4, 0.5) is 0 Å². The van der Waals surface area contributed by atoms with Crippen LogP contribution in [-0.2, 0) is 14.3 Å². The van der Waals surface area contributed by atoms with E-state index in [0.717, 1.165) is 5.56 Å². The molecule has 0 spiro atoms. The van der Waals surface area contributed by atoms with Crippen molar-refractivity contribution >= 4 is 11.9 Å². The highest BCUT2D eigenvalue weighted by atomic mass is 16.5. The molecule has 0 radical (unpaired) electrons. The van der Waals surface area contributed by atoms with E-state index < -0.39 is 12.0 Å². The molecule has 1 rings (SSSR count). The SMILES string of the molecule is COC(=O)C(CN[C@@H](C)c1cccc(C)c1)NC(C)=O. The van der Waals surface area contributed by atoms with Gasteiger partial charge in [0, 0.05) is 19.5 Å². The summed E-state index contributed by atoms with van der Waals surface area (Å²) in [5, 5.41) is 5.80.